The molecule has 1 heterocycles. The summed E-state index contributed by atoms with van der Waals surface area (Å²) in [5.74, 6) is -0.845. The highest BCUT2D eigenvalue weighted by atomic mass is 32.1. The van der Waals surface area contributed by atoms with E-state index >= 15 is 0 Å². The van der Waals surface area contributed by atoms with Gasteiger partial charge >= 0.3 is 0 Å². The predicted octanol–water partition coefficient (Wildman–Crippen LogP) is 2.72. The Morgan fingerprint density at radius 1 is 1.25 bits per heavy atom. The van der Waals surface area contributed by atoms with Gasteiger partial charge < -0.3 is 15.5 Å². The molecule has 1 aromatic heterocycles. The van der Waals surface area contributed by atoms with Gasteiger partial charge in [-0.15, -0.1) is 11.3 Å². The number of hydrogen-bond acceptors (Lipinski definition) is 6. The number of aromatic nitrogens is 1. The Morgan fingerprint density at radius 3 is 2.32 bits per heavy atom. The smallest absolute Gasteiger partial charge is 0.251 e. The Hall–Kier alpha value is -1.51. The van der Waals surface area contributed by atoms with Crippen molar-refractivity contribution in [1.29, 1.82) is 0 Å². The van der Waals surface area contributed by atoms with Crippen molar-refractivity contribution in [3.63, 3.8) is 0 Å². The molecule has 0 saturated carbocycles. The van der Waals surface area contributed by atoms with Crippen molar-refractivity contribution in [3.05, 3.63) is 11.6 Å². The van der Waals surface area contributed by atoms with Crippen LogP contribution in [-0.4, -0.2) is 50.8 Å². The minimum Gasteiger partial charge on any atom is -0.390 e. The zero-order valence-corrected chi connectivity index (χ0v) is 18.8. The number of nitrogens with zero attached hydrogens (tertiary/aromatic N) is 2. The first-order valence-corrected chi connectivity index (χ1v) is 10.6. The fourth-order valence-electron chi connectivity index (χ4n) is 2.75. The second-order valence-corrected chi connectivity index (χ2v) is 9.95. The number of hydrogen-bond donors (Lipinski definition) is 3. The molecule has 0 bridgehead atoms. The molecule has 0 spiro atoms. The van der Waals surface area contributed by atoms with E-state index in [0.29, 0.717) is 18.0 Å². The highest BCUT2D eigenvalue weighted by molar-refractivity contribution is 7.13. The van der Waals surface area contributed by atoms with Crippen molar-refractivity contribution in [2.75, 3.05) is 4.90 Å². The summed E-state index contributed by atoms with van der Waals surface area (Å²) in [5.41, 5.74) is -1.37. The van der Waals surface area contributed by atoms with Gasteiger partial charge in [0, 0.05) is 17.6 Å². The minimum absolute atomic E-state index is 0.145. The molecule has 7 nitrogen and oxygen atoms in total. The van der Waals surface area contributed by atoms with Crippen LogP contribution in [0.15, 0.2) is 11.6 Å². The van der Waals surface area contributed by atoms with Gasteiger partial charge in [-0.25, -0.2) is 4.98 Å². The lowest BCUT2D eigenvalue weighted by Crippen LogP contribution is -2.53. The highest BCUT2D eigenvalue weighted by Crippen LogP contribution is 2.25. The average Bonchev–Trinajstić information content (AvgIpc) is 3.05. The van der Waals surface area contributed by atoms with Crippen molar-refractivity contribution in [3.8, 4) is 0 Å². The molecule has 2 amide bonds. The van der Waals surface area contributed by atoms with Crippen molar-refractivity contribution in [2.24, 2.45) is 5.41 Å². The van der Waals surface area contributed by atoms with Gasteiger partial charge in [0.2, 0.25) is 5.91 Å². The maximum absolute atomic E-state index is 13.1. The first kappa shape index (κ1) is 24.5. The molecular formula is C20H35N3O4S. The molecular weight excluding hydrogens is 378 g/mol. The van der Waals surface area contributed by atoms with E-state index in [-0.39, 0.29) is 11.9 Å². The number of amides is 2. The Balaban J connectivity index is 2.87. The van der Waals surface area contributed by atoms with Gasteiger partial charge in [-0.2, -0.15) is 0 Å². The first-order chi connectivity index (χ1) is 12.7. The van der Waals surface area contributed by atoms with Crippen LogP contribution >= 0.6 is 11.3 Å². The standard InChI is InChI=1S/C20H35N3O4S/c1-13(9-8-10-20(6,7)27)23(18-21-11-12-28-18)17(26)14(2)22-16(25)15(24)19(3,4)5/h11-15,24,27H,8-10H2,1-7H3,(H,22,25). The quantitative estimate of drug-likeness (QED) is 0.578. The van der Waals surface area contributed by atoms with Gasteiger partial charge in [-0.05, 0) is 52.4 Å². The summed E-state index contributed by atoms with van der Waals surface area (Å²) in [7, 11) is 0. The van der Waals surface area contributed by atoms with Crippen LogP contribution in [-0.2, 0) is 9.59 Å². The van der Waals surface area contributed by atoms with E-state index in [9.17, 15) is 19.8 Å². The molecule has 1 aromatic rings. The van der Waals surface area contributed by atoms with E-state index in [4.69, 9.17) is 0 Å². The molecule has 0 aliphatic rings. The molecule has 28 heavy (non-hydrogen) atoms. The number of nitrogens with one attached hydrogen (secondary N) is 1. The van der Waals surface area contributed by atoms with Crippen LogP contribution in [0.25, 0.3) is 0 Å². The minimum atomic E-state index is -1.21. The van der Waals surface area contributed by atoms with Gasteiger partial charge in [0.25, 0.3) is 5.91 Å². The van der Waals surface area contributed by atoms with E-state index < -0.39 is 29.1 Å². The number of aliphatic hydroxyl groups excluding tert-OH is 1. The zero-order chi connectivity index (χ0) is 21.7. The number of aliphatic hydroxyl groups is 2. The molecule has 3 atom stereocenters. The van der Waals surface area contributed by atoms with E-state index in [1.807, 2.05) is 6.92 Å². The number of carbonyl (C=O) groups is 2. The Labute approximate surface area is 172 Å². The highest BCUT2D eigenvalue weighted by Gasteiger charge is 2.33. The van der Waals surface area contributed by atoms with Crippen molar-refractivity contribution in [1.82, 2.24) is 10.3 Å². The van der Waals surface area contributed by atoms with Crippen LogP contribution in [0, 0.1) is 5.41 Å². The SMILES string of the molecule is CC(NC(=O)C(O)C(C)(C)C)C(=O)N(c1nccs1)C(C)CCCC(C)(C)O. The predicted molar refractivity (Wildman–Crippen MR) is 112 cm³/mol. The molecule has 1 rings (SSSR count). The second kappa shape index (κ2) is 9.80. The summed E-state index contributed by atoms with van der Waals surface area (Å²) in [5, 5.41) is 25.0. The maximum atomic E-state index is 13.1. The summed E-state index contributed by atoms with van der Waals surface area (Å²) < 4.78 is 0. The molecule has 0 aliphatic carbocycles. The largest absolute Gasteiger partial charge is 0.390 e. The third-order valence-corrected chi connectivity index (χ3v) is 5.28. The number of thiazole rings is 1. The summed E-state index contributed by atoms with van der Waals surface area (Å²) in [6.45, 7) is 12.4. The lowest BCUT2D eigenvalue weighted by Gasteiger charge is -2.31. The van der Waals surface area contributed by atoms with Gasteiger partial charge in [0.1, 0.15) is 12.1 Å². The van der Waals surface area contributed by atoms with Gasteiger partial charge in [-0.3, -0.25) is 14.5 Å². The third-order valence-electron chi connectivity index (χ3n) is 4.51. The number of anilines is 1. The summed E-state index contributed by atoms with van der Waals surface area (Å²) in [4.78, 5) is 31.3. The molecule has 160 valence electrons. The van der Waals surface area contributed by atoms with E-state index in [0.717, 1.165) is 6.42 Å². The first-order valence-electron chi connectivity index (χ1n) is 9.67. The second-order valence-electron chi connectivity index (χ2n) is 9.08. The molecule has 3 N–H and O–H groups in total. The molecule has 0 fully saturated rings. The molecule has 0 aromatic carbocycles. The lowest BCUT2D eigenvalue weighted by molar-refractivity contribution is -0.137. The normalized spacial score (nSPS) is 15.6. The van der Waals surface area contributed by atoms with Crippen LogP contribution in [0.5, 0.6) is 0 Å². The Morgan fingerprint density at radius 2 is 1.86 bits per heavy atom. The molecule has 3 unspecified atom stereocenters. The third kappa shape index (κ3) is 7.48. The van der Waals surface area contributed by atoms with E-state index in [1.165, 1.54) is 11.3 Å². The average molecular weight is 414 g/mol. The van der Waals surface area contributed by atoms with Crippen molar-refractivity contribution in [2.45, 2.75) is 91.5 Å². The van der Waals surface area contributed by atoms with Crippen molar-refractivity contribution >= 4 is 28.3 Å². The summed E-state index contributed by atoms with van der Waals surface area (Å²) in [6, 6.07) is -0.946. The lowest BCUT2D eigenvalue weighted by atomic mass is 9.88. The number of rotatable bonds is 9. The Bertz CT molecular complexity index is 635. The fourth-order valence-corrected chi connectivity index (χ4v) is 3.50. The summed E-state index contributed by atoms with van der Waals surface area (Å²) >= 11 is 1.36. The Kier molecular flexibility index (Phi) is 8.59. The number of carbonyl (C=O) groups excluding carboxylic acids is 2. The molecule has 8 heteroatoms. The van der Waals surface area contributed by atoms with Crippen LogP contribution in [0.4, 0.5) is 5.13 Å². The van der Waals surface area contributed by atoms with Crippen LogP contribution in [0.1, 0.15) is 67.7 Å². The van der Waals surface area contributed by atoms with Gasteiger partial charge in [0.05, 0.1) is 5.60 Å². The van der Waals surface area contributed by atoms with Crippen LogP contribution in [0.2, 0.25) is 0 Å². The molecule has 0 saturated heterocycles. The van der Waals surface area contributed by atoms with Gasteiger partial charge in [-0.1, -0.05) is 20.8 Å². The van der Waals surface area contributed by atoms with Crippen LogP contribution < -0.4 is 10.2 Å². The van der Waals surface area contributed by atoms with E-state index in [1.54, 1.807) is 58.0 Å². The van der Waals surface area contributed by atoms with E-state index in [2.05, 4.69) is 10.3 Å². The summed E-state index contributed by atoms with van der Waals surface area (Å²) in [6.07, 6.45) is 2.50. The zero-order valence-electron chi connectivity index (χ0n) is 18.0. The van der Waals surface area contributed by atoms with Crippen LogP contribution in [0.3, 0.4) is 0 Å². The monoisotopic (exact) mass is 413 g/mol. The van der Waals surface area contributed by atoms with Gasteiger partial charge in [0.15, 0.2) is 5.13 Å². The fraction of sp³-hybridized carbons (Fsp3) is 0.750. The molecule has 0 radical (unpaired) electrons. The maximum Gasteiger partial charge on any atom is 0.251 e. The topological polar surface area (TPSA) is 103 Å². The van der Waals surface area contributed by atoms with Crippen molar-refractivity contribution < 1.29 is 19.8 Å². The molecule has 0 aliphatic heterocycles.